The van der Waals surface area contributed by atoms with Crippen molar-refractivity contribution in [3.05, 3.63) is 18.2 Å². The number of carbonyl (C=O) groups is 1. The lowest BCUT2D eigenvalue weighted by atomic mass is 9.92. The second-order valence-corrected chi connectivity index (χ2v) is 8.65. The smallest absolute Gasteiger partial charge is 0.228 e. The van der Waals surface area contributed by atoms with E-state index < -0.39 is 0 Å². The normalized spacial score (nSPS) is 24.8. The van der Waals surface area contributed by atoms with Crippen LogP contribution >= 0.6 is 11.3 Å². The maximum absolute atomic E-state index is 12.7. The number of fused-ring (bicyclic) bond motifs is 1. The third-order valence-electron chi connectivity index (χ3n) is 6.03. The first-order valence-electron chi connectivity index (χ1n) is 9.48. The van der Waals surface area contributed by atoms with Gasteiger partial charge in [-0.1, -0.05) is 11.3 Å². The number of anilines is 2. The van der Waals surface area contributed by atoms with Crippen molar-refractivity contribution in [3.8, 4) is 0 Å². The average Bonchev–Trinajstić information content (AvgIpc) is 3.19. The molecule has 0 bridgehead atoms. The van der Waals surface area contributed by atoms with E-state index in [1.54, 1.807) is 11.3 Å². The summed E-state index contributed by atoms with van der Waals surface area (Å²) in [5.41, 5.74) is 2.15. The largest absolute Gasteiger partial charge is 0.378 e. The second-order valence-electron chi connectivity index (χ2n) is 7.64. The van der Waals surface area contributed by atoms with Gasteiger partial charge < -0.3 is 20.3 Å². The molecule has 0 radical (unpaired) electrons. The summed E-state index contributed by atoms with van der Waals surface area (Å²) in [5.74, 6) is 0.370. The molecule has 6 nitrogen and oxygen atoms in total. The Morgan fingerprint density at radius 3 is 2.92 bits per heavy atom. The van der Waals surface area contributed by atoms with Gasteiger partial charge in [0.25, 0.3) is 0 Å². The fourth-order valence-electron chi connectivity index (χ4n) is 4.31. The number of thiazole rings is 1. The van der Waals surface area contributed by atoms with Crippen molar-refractivity contribution in [1.29, 1.82) is 0 Å². The predicted molar refractivity (Wildman–Crippen MR) is 104 cm³/mol. The van der Waals surface area contributed by atoms with E-state index in [0.717, 1.165) is 79.7 Å². The minimum atomic E-state index is 0.184. The number of hydrogen-bond acceptors (Lipinski definition) is 6. The summed E-state index contributed by atoms with van der Waals surface area (Å²) in [7, 11) is 0. The number of hydrogen-bond donors (Lipinski definition) is 2. The number of morpholine rings is 1. The Balaban J connectivity index is 1.29. The third-order valence-corrected chi connectivity index (χ3v) is 7.11. The first kappa shape index (κ1) is 16.5. The summed E-state index contributed by atoms with van der Waals surface area (Å²) >= 11 is 1.69. The third kappa shape index (κ3) is 2.98. The molecule has 1 aromatic heterocycles. The first-order chi connectivity index (χ1) is 12.7. The van der Waals surface area contributed by atoms with Crippen LogP contribution in [-0.4, -0.2) is 50.3 Å². The molecule has 1 amide bonds. The van der Waals surface area contributed by atoms with Crippen LogP contribution in [0.4, 0.5) is 10.8 Å². The molecule has 1 saturated carbocycles. The van der Waals surface area contributed by atoms with Crippen molar-refractivity contribution in [1.82, 2.24) is 10.3 Å². The SMILES string of the molecule is O=C(Nc1ccc2nc(N3CCOCC3)sc2c1)C1CC12CCNCC2. The fourth-order valence-corrected chi connectivity index (χ4v) is 5.36. The summed E-state index contributed by atoms with van der Waals surface area (Å²) in [6.07, 6.45) is 3.30. The van der Waals surface area contributed by atoms with Crippen LogP contribution in [-0.2, 0) is 9.53 Å². The number of nitrogens with one attached hydrogen (secondary N) is 2. The molecule has 7 heteroatoms. The van der Waals surface area contributed by atoms with Gasteiger partial charge in [0.1, 0.15) is 0 Å². The minimum absolute atomic E-state index is 0.184. The molecule has 2 saturated heterocycles. The molecule has 5 rings (SSSR count). The van der Waals surface area contributed by atoms with Gasteiger partial charge in [0.05, 0.1) is 23.4 Å². The van der Waals surface area contributed by atoms with E-state index in [9.17, 15) is 4.79 Å². The lowest BCUT2D eigenvalue weighted by Crippen LogP contribution is -2.36. The molecular weight excluding hydrogens is 348 g/mol. The van der Waals surface area contributed by atoms with Crippen LogP contribution in [0.5, 0.6) is 0 Å². The molecule has 2 aliphatic heterocycles. The molecule has 26 heavy (non-hydrogen) atoms. The molecule has 1 unspecified atom stereocenters. The van der Waals surface area contributed by atoms with Crippen LogP contribution in [0.2, 0.25) is 0 Å². The molecule has 1 aliphatic carbocycles. The maximum atomic E-state index is 12.7. The molecule has 1 spiro atoms. The number of nitrogens with zero attached hydrogens (tertiary/aromatic N) is 2. The van der Waals surface area contributed by atoms with E-state index >= 15 is 0 Å². The van der Waals surface area contributed by atoms with Crippen molar-refractivity contribution >= 4 is 38.3 Å². The maximum Gasteiger partial charge on any atom is 0.228 e. The Kier molecular flexibility index (Phi) is 4.10. The van der Waals surface area contributed by atoms with E-state index in [1.807, 2.05) is 12.1 Å². The average molecular weight is 372 g/mol. The van der Waals surface area contributed by atoms with Gasteiger partial charge >= 0.3 is 0 Å². The minimum Gasteiger partial charge on any atom is -0.378 e. The molecule has 1 atom stereocenters. The summed E-state index contributed by atoms with van der Waals surface area (Å²) < 4.78 is 6.54. The summed E-state index contributed by atoms with van der Waals surface area (Å²) in [4.78, 5) is 19.7. The molecule has 3 fully saturated rings. The molecule has 3 heterocycles. The number of piperidine rings is 1. The van der Waals surface area contributed by atoms with E-state index in [1.165, 1.54) is 0 Å². The second kappa shape index (κ2) is 6.48. The van der Waals surface area contributed by atoms with Crippen LogP contribution in [0.3, 0.4) is 0 Å². The summed E-state index contributed by atoms with van der Waals surface area (Å²) in [6, 6.07) is 6.05. The van der Waals surface area contributed by atoms with Crippen LogP contribution < -0.4 is 15.5 Å². The Morgan fingerprint density at radius 1 is 1.31 bits per heavy atom. The summed E-state index contributed by atoms with van der Waals surface area (Å²) in [5, 5.41) is 7.58. The number of ether oxygens (including phenoxy) is 1. The van der Waals surface area contributed by atoms with Crippen LogP contribution in [0.15, 0.2) is 18.2 Å². The lowest BCUT2D eigenvalue weighted by Gasteiger charge is -2.25. The quantitative estimate of drug-likeness (QED) is 0.866. The number of rotatable bonds is 3. The van der Waals surface area contributed by atoms with Crippen molar-refractivity contribution in [2.24, 2.45) is 11.3 Å². The zero-order valence-electron chi connectivity index (χ0n) is 14.8. The highest BCUT2D eigenvalue weighted by molar-refractivity contribution is 7.22. The van der Waals surface area contributed by atoms with Gasteiger partial charge in [-0.3, -0.25) is 4.79 Å². The van der Waals surface area contributed by atoms with Crippen LogP contribution in [0.25, 0.3) is 10.2 Å². The van der Waals surface area contributed by atoms with E-state index in [0.29, 0.717) is 0 Å². The zero-order valence-corrected chi connectivity index (χ0v) is 15.6. The molecule has 2 N–H and O–H groups in total. The van der Waals surface area contributed by atoms with Crippen molar-refractivity contribution in [2.75, 3.05) is 49.6 Å². The number of carbonyl (C=O) groups excluding carboxylic acids is 1. The highest BCUT2D eigenvalue weighted by Crippen LogP contribution is 2.58. The number of aromatic nitrogens is 1. The van der Waals surface area contributed by atoms with E-state index in [4.69, 9.17) is 9.72 Å². The van der Waals surface area contributed by atoms with E-state index in [2.05, 4.69) is 21.6 Å². The molecule has 2 aromatic rings. The van der Waals surface area contributed by atoms with Crippen molar-refractivity contribution in [2.45, 2.75) is 19.3 Å². The van der Waals surface area contributed by atoms with Gasteiger partial charge in [-0.15, -0.1) is 0 Å². The molecule has 138 valence electrons. The predicted octanol–water partition coefficient (Wildman–Crippen LogP) is 2.46. The van der Waals surface area contributed by atoms with Crippen molar-refractivity contribution < 1.29 is 9.53 Å². The van der Waals surface area contributed by atoms with Gasteiger partial charge in [-0.2, -0.15) is 0 Å². The molecule has 3 aliphatic rings. The Hall–Kier alpha value is -1.70. The van der Waals surface area contributed by atoms with Crippen molar-refractivity contribution in [3.63, 3.8) is 0 Å². The van der Waals surface area contributed by atoms with Gasteiger partial charge in [-0.05, 0) is 56.0 Å². The Labute approximate surface area is 156 Å². The Bertz CT molecular complexity index is 824. The van der Waals surface area contributed by atoms with Gasteiger partial charge in [0, 0.05) is 24.7 Å². The zero-order chi connectivity index (χ0) is 17.6. The monoisotopic (exact) mass is 372 g/mol. The topological polar surface area (TPSA) is 66.5 Å². The number of benzene rings is 1. The molecule has 1 aromatic carbocycles. The first-order valence-corrected chi connectivity index (χ1v) is 10.3. The van der Waals surface area contributed by atoms with E-state index in [-0.39, 0.29) is 17.2 Å². The highest BCUT2D eigenvalue weighted by Gasteiger charge is 2.57. The van der Waals surface area contributed by atoms with Gasteiger partial charge in [0.15, 0.2) is 5.13 Å². The molecular formula is C19H24N4O2S. The lowest BCUT2D eigenvalue weighted by molar-refractivity contribution is -0.118. The van der Waals surface area contributed by atoms with Crippen LogP contribution in [0.1, 0.15) is 19.3 Å². The highest BCUT2D eigenvalue weighted by atomic mass is 32.1. The van der Waals surface area contributed by atoms with Gasteiger partial charge in [-0.25, -0.2) is 4.98 Å². The number of amides is 1. The Morgan fingerprint density at radius 2 is 2.12 bits per heavy atom. The summed E-state index contributed by atoms with van der Waals surface area (Å²) in [6.45, 7) is 5.39. The standard InChI is InChI=1S/C19H24N4O2S/c24-17(14-12-19(14)3-5-20-6-4-19)21-13-1-2-15-16(11-13)26-18(22-15)23-7-9-25-10-8-23/h1-2,11,14,20H,3-10,12H2,(H,21,24). The van der Waals surface area contributed by atoms with Crippen LogP contribution in [0, 0.1) is 11.3 Å². The fraction of sp³-hybridized carbons (Fsp3) is 0.579. The van der Waals surface area contributed by atoms with Gasteiger partial charge in [0.2, 0.25) is 5.91 Å².